The molecule has 2 rings (SSSR count). The molecule has 0 saturated carbocycles. The molecule has 3 nitrogen and oxygen atoms in total. The summed E-state index contributed by atoms with van der Waals surface area (Å²) in [7, 11) is 1.42. The molecular weight excluding hydrogens is 300 g/mol. The number of rotatable bonds is 6. The van der Waals surface area contributed by atoms with Crippen LogP contribution in [0.1, 0.15) is 40.3 Å². The van der Waals surface area contributed by atoms with E-state index in [0.717, 1.165) is 28.9 Å². The van der Waals surface area contributed by atoms with Crippen molar-refractivity contribution in [2.45, 2.75) is 47.1 Å². The zero-order valence-corrected chi connectivity index (χ0v) is 15.2. The molecule has 0 heterocycles. The Bertz CT molecular complexity index is 732. The highest BCUT2D eigenvalue weighted by molar-refractivity contribution is 5.73. The molecule has 0 atom stereocenters. The summed E-state index contributed by atoms with van der Waals surface area (Å²) in [6.45, 7) is 8.82. The first-order valence-electron chi connectivity index (χ1n) is 8.33. The summed E-state index contributed by atoms with van der Waals surface area (Å²) in [4.78, 5) is 11.7. The Hall–Kier alpha value is -2.29. The van der Waals surface area contributed by atoms with Gasteiger partial charge in [0.15, 0.2) is 0 Å². The molecule has 0 spiro atoms. The van der Waals surface area contributed by atoms with Gasteiger partial charge in [-0.1, -0.05) is 31.2 Å². The second-order valence-electron chi connectivity index (χ2n) is 6.15. The highest BCUT2D eigenvalue weighted by Gasteiger charge is 2.13. The van der Waals surface area contributed by atoms with E-state index < -0.39 is 0 Å². The van der Waals surface area contributed by atoms with Crippen molar-refractivity contribution < 1.29 is 14.3 Å². The normalized spacial score (nSPS) is 10.5. The molecule has 2 aromatic rings. The van der Waals surface area contributed by atoms with Crippen molar-refractivity contribution >= 4 is 5.97 Å². The first-order chi connectivity index (χ1) is 11.5. The van der Waals surface area contributed by atoms with Gasteiger partial charge in [0.1, 0.15) is 12.4 Å². The summed E-state index contributed by atoms with van der Waals surface area (Å²) in [5.41, 5.74) is 6.87. The Kier molecular flexibility index (Phi) is 6.02. The van der Waals surface area contributed by atoms with Crippen LogP contribution < -0.4 is 4.74 Å². The highest BCUT2D eigenvalue weighted by atomic mass is 16.5. The van der Waals surface area contributed by atoms with Crippen molar-refractivity contribution in [3.8, 4) is 5.75 Å². The predicted octanol–water partition coefficient (Wildman–Crippen LogP) is 4.47. The van der Waals surface area contributed by atoms with Crippen LogP contribution in [-0.2, 0) is 29.0 Å². The molecule has 0 bridgehead atoms. The number of carbonyl (C=O) groups is 1. The topological polar surface area (TPSA) is 35.5 Å². The van der Waals surface area contributed by atoms with Gasteiger partial charge in [-0.3, -0.25) is 4.79 Å². The summed E-state index contributed by atoms with van der Waals surface area (Å²) in [5, 5.41) is 0. The van der Waals surface area contributed by atoms with E-state index in [0.29, 0.717) is 6.61 Å². The molecule has 3 heteroatoms. The van der Waals surface area contributed by atoms with Gasteiger partial charge in [0.25, 0.3) is 0 Å². The van der Waals surface area contributed by atoms with E-state index in [2.05, 4.69) is 45.9 Å². The maximum atomic E-state index is 11.7. The van der Waals surface area contributed by atoms with E-state index in [1.54, 1.807) is 0 Å². The number of benzene rings is 2. The smallest absolute Gasteiger partial charge is 0.309 e. The van der Waals surface area contributed by atoms with Gasteiger partial charge in [-0.25, -0.2) is 0 Å². The summed E-state index contributed by atoms with van der Waals surface area (Å²) in [5.74, 6) is 0.667. The molecule has 2 aromatic carbocycles. The first kappa shape index (κ1) is 18.1. The number of hydrogen-bond donors (Lipinski definition) is 0. The number of carbonyl (C=O) groups excluding carboxylic acids is 1. The van der Waals surface area contributed by atoms with Gasteiger partial charge < -0.3 is 9.47 Å². The fourth-order valence-electron chi connectivity index (χ4n) is 2.84. The maximum Gasteiger partial charge on any atom is 0.309 e. The Morgan fingerprint density at radius 3 is 2.33 bits per heavy atom. The highest BCUT2D eigenvalue weighted by Crippen LogP contribution is 2.25. The summed E-state index contributed by atoms with van der Waals surface area (Å²) >= 11 is 0. The standard InChI is InChI=1S/C21H26O3/c1-6-17-8-7-9-18(12-21(22)23-5)19(17)13-24-20-11-15(3)14(2)10-16(20)4/h7-11H,6,12-13H2,1-5H3. The largest absolute Gasteiger partial charge is 0.489 e. The Morgan fingerprint density at radius 1 is 1.00 bits per heavy atom. The third kappa shape index (κ3) is 4.16. The molecule has 0 unspecified atom stereocenters. The lowest BCUT2D eigenvalue weighted by Crippen LogP contribution is -2.10. The summed E-state index contributed by atoms with van der Waals surface area (Å²) in [6, 6.07) is 10.3. The van der Waals surface area contributed by atoms with Crippen molar-refractivity contribution in [1.29, 1.82) is 0 Å². The predicted molar refractivity (Wildman–Crippen MR) is 96.5 cm³/mol. The fraction of sp³-hybridized carbons (Fsp3) is 0.381. The van der Waals surface area contributed by atoms with Crippen LogP contribution in [-0.4, -0.2) is 13.1 Å². The molecule has 0 saturated heterocycles. The second-order valence-corrected chi connectivity index (χ2v) is 6.15. The molecule has 0 radical (unpaired) electrons. The lowest BCUT2D eigenvalue weighted by atomic mass is 9.97. The minimum absolute atomic E-state index is 0.230. The fourth-order valence-corrected chi connectivity index (χ4v) is 2.84. The Balaban J connectivity index is 2.28. The molecule has 0 fully saturated rings. The van der Waals surface area contributed by atoms with Gasteiger partial charge >= 0.3 is 5.97 Å². The van der Waals surface area contributed by atoms with Crippen molar-refractivity contribution in [3.05, 3.63) is 63.7 Å². The van der Waals surface area contributed by atoms with E-state index >= 15 is 0 Å². The van der Waals surface area contributed by atoms with E-state index in [9.17, 15) is 4.79 Å². The van der Waals surface area contributed by atoms with Gasteiger partial charge in [0.05, 0.1) is 13.5 Å². The quantitative estimate of drug-likeness (QED) is 0.735. The molecule has 24 heavy (non-hydrogen) atoms. The summed E-state index contributed by atoms with van der Waals surface area (Å²) < 4.78 is 10.9. The van der Waals surface area contributed by atoms with Crippen LogP contribution in [0.15, 0.2) is 30.3 Å². The monoisotopic (exact) mass is 326 g/mol. The van der Waals surface area contributed by atoms with Crippen LogP contribution in [0.25, 0.3) is 0 Å². The van der Waals surface area contributed by atoms with Gasteiger partial charge in [-0.15, -0.1) is 0 Å². The Labute approximate surface area is 144 Å². The molecular formula is C21H26O3. The lowest BCUT2D eigenvalue weighted by Gasteiger charge is -2.16. The minimum atomic E-state index is -0.230. The van der Waals surface area contributed by atoms with Crippen LogP contribution in [0, 0.1) is 20.8 Å². The van der Waals surface area contributed by atoms with Crippen LogP contribution >= 0.6 is 0 Å². The molecule has 0 aliphatic heterocycles. The average Bonchev–Trinajstić information content (AvgIpc) is 2.57. The molecule has 0 aliphatic rings. The Morgan fingerprint density at radius 2 is 1.67 bits per heavy atom. The minimum Gasteiger partial charge on any atom is -0.489 e. The van der Waals surface area contributed by atoms with Crippen molar-refractivity contribution in [2.75, 3.05) is 7.11 Å². The van der Waals surface area contributed by atoms with Crippen molar-refractivity contribution in [2.24, 2.45) is 0 Å². The number of ether oxygens (including phenoxy) is 2. The van der Waals surface area contributed by atoms with E-state index in [1.807, 2.05) is 12.1 Å². The van der Waals surface area contributed by atoms with Gasteiger partial charge in [0, 0.05) is 0 Å². The first-order valence-corrected chi connectivity index (χ1v) is 8.33. The van der Waals surface area contributed by atoms with Crippen molar-refractivity contribution in [1.82, 2.24) is 0 Å². The summed E-state index contributed by atoms with van der Waals surface area (Å²) in [6.07, 6.45) is 1.18. The second kappa shape index (κ2) is 8.00. The molecule has 0 amide bonds. The van der Waals surface area contributed by atoms with E-state index in [4.69, 9.17) is 9.47 Å². The van der Waals surface area contributed by atoms with Gasteiger partial charge in [0.2, 0.25) is 0 Å². The zero-order valence-electron chi connectivity index (χ0n) is 15.2. The third-order valence-electron chi connectivity index (χ3n) is 4.48. The number of aryl methyl sites for hydroxylation is 4. The molecule has 128 valence electrons. The SMILES string of the molecule is CCc1cccc(CC(=O)OC)c1COc1cc(C)c(C)cc1C. The zero-order chi connectivity index (χ0) is 17.7. The van der Waals surface area contributed by atoms with Gasteiger partial charge in [-0.05, 0) is 66.6 Å². The van der Waals surface area contributed by atoms with Gasteiger partial charge in [-0.2, -0.15) is 0 Å². The number of methoxy groups -OCH3 is 1. The lowest BCUT2D eigenvalue weighted by molar-refractivity contribution is -0.139. The number of hydrogen-bond acceptors (Lipinski definition) is 3. The maximum absolute atomic E-state index is 11.7. The molecule has 0 aromatic heterocycles. The van der Waals surface area contributed by atoms with Crippen LogP contribution in [0.2, 0.25) is 0 Å². The van der Waals surface area contributed by atoms with Crippen molar-refractivity contribution in [3.63, 3.8) is 0 Å². The van der Waals surface area contributed by atoms with E-state index in [1.165, 1.54) is 23.8 Å². The average molecular weight is 326 g/mol. The van der Waals surface area contributed by atoms with E-state index in [-0.39, 0.29) is 12.4 Å². The van der Waals surface area contributed by atoms with Crippen LogP contribution in [0.3, 0.4) is 0 Å². The van der Waals surface area contributed by atoms with Crippen LogP contribution in [0.5, 0.6) is 5.75 Å². The third-order valence-corrected chi connectivity index (χ3v) is 4.48. The number of esters is 1. The molecule has 0 aliphatic carbocycles. The van der Waals surface area contributed by atoms with Crippen LogP contribution in [0.4, 0.5) is 0 Å². The molecule has 0 N–H and O–H groups in total.